The van der Waals surface area contributed by atoms with E-state index in [0.29, 0.717) is 37.2 Å². The van der Waals surface area contributed by atoms with E-state index >= 15 is 0 Å². The van der Waals surface area contributed by atoms with Crippen LogP contribution in [-0.4, -0.2) is 38.1 Å². The summed E-state index contributed by atoms with van der Waals surface area (Å²) in [5.41, 5.74) is 6.13. The van der Waals surface area contributed by atoms with Crippen molar-refractivity contribution in [1.29, 1.82) is 0 Å². The van der Waals surface area contributed by atoms with E-state index < -0.39 is 0 Å². The predicted molar refractivity (Wildman–Crippen MR) is 81.2 cm³/mol. The van der Waals surface area contributed by atoms with E-state index in [9.17, 15) is 9.59 Å². The number of carbonyl (C=O) groups is 2. The summed E-state index contributed by atoms with van der Waals surface area (Å²) in [4.78, 5) is 23.3. The van der Waals surface area contributed by atoms with Crippen LogP contribution in [0.4, 0.5) is 0 Å². The molecule has 0 radical (unpaired) electrons. The number of hydrogen-bond acceptors (Lipinski definition) is 4. The highest BCUT2D eigenvalue weighted by Gasteiger charge is 2.06. The summed E-state index contributed by atoms with van der Waals surface area (Å²) in [5.74, 6) is 0.474. The van der Waals surface area contributed by atoms with Crippen LogP contribution in [0.2, 0.25) is 0 Å². The molecule has 0 saturated carbocycles. The van der Waals surface area contributed by atoms with Gasteiger partial charge < -0.3 is 21.1 Å². The zero-order valence-electron chi connectivity index (χ0n) is 12.5. The van der Waals surface area contributed by atoms with E-state index in [2.05, 4.69) is 10.6 Å². The molecule has 0 heterocycles. The van der Waals surface area contributed by atoms with Crippen LogP contribution < -0.4 is 21.1 Å². The number of hydrogen-bond donors (Lipinski definition) is 3. The molecule has 6 heteroatoms. The fourth-order valence-electron chi connectivity index (χ4n) is 1.67. The van der Waals surface area contributed by atoms with E-state index in [0.717, 1.165) is 0 Å². The highest BCUT2D eigenvalue weighted by molar-refractivity contribution is 5.94. The van der Waals surface area contributed by atoms with E-state index in [-0.39, 0.29) is 17.9 Å². The molecule has 2 amide bonds. The Morgan fingerprint density at radius 2 is 1.81 bits per heavy atom. The predicted octanol–water partition coefficient (Wildman–Crippen LogP) is 0.669. The lowest BCUT2D eigenvalue weighted by molar-refractivity contribution is -0.121. The Balaban J connectivity index is 2.22. The van der Waals surface area contributed by atoms with Crippen LogP contribution in [0.1, 0.15) is 30.1 Å². The molecule has 0 aromatic heterocycles. The van der Waals surface area contributed by atoms with Crippen molar-refractivity contribution in [2.45, 2.75) is 25.8 Å². The van der Waals surface area contributed by atoms with Crippen molar-refractivity contribution in [2.24, 2.45) is 5.73 Å². The Hall–Kier alpha value is -2.08. The van der Waals surface area contributed by atoms with Gasteiger partial charge in [0.1, 0.15) is 5.75 Å². The van der Waals surface area contributed by atoms with E-state index in [1.807, 2.05) is 6.92 Å². The molecule has 0 saturated heterocycles. The molecule has 1 atom stereocenters. The maximum Gasteiger partial charge on any atom is 0.251 e. The molecule has 6 nitrogen and oxygen atoms in total. The van der Waals surface area contributed by atoms with Crippen LogP contribution >= 0.6 is 0 Å². The first-order valence-electron chi connectivity index (χ1n) is 6.97. The summed E-state index contributed by atoms with van der Waals surface area (Å²) >= 11 is 0. The van der Waals surface area contributed by atoms with Crippen molar-refractivity contribution in [2.75, 3.05) is 20.2 Å². The molecule has 0 spiro atoms. The van der Waals surface area contributed by atoms with Crippen molar-refractivity contribution < 1.29 is 14.3 Å². The summed E-state index contributed by atoms with van der Waals surface area (Å²) in [6.07, 6.45) is 1.06. The molecule has 21 heavy (non-hydrogen) atoms. The Labute approximate surface area is 125 Å². The van der Waals surface area contributed by atoms with Gasteiger partial charge in [-0.05, 0) is 37.6 Å². The monoisotopic (exact) mass is 293 g/mol. The molecule has 4 N–H and O–H groups in total. The Kier molecular flexibility index (Phi) is 7.25. The summed E-state index contributed by atoms with van der Waals surface area (Å²) in [5, 5.41) is 5.47. The molecule has 1 aromatic rings. The van der Waals surface area contributed by atoms with Gasteiger partial charge in [-0.15, -0.1) is 0 Å². The Morgan fingerprint density at radius 1 is 1.19 bits per heavy atom. The van der Waals surface area contributed by atoms with Gasteiger partial charge in [0.2, 0.25) is 5.91 Å². The first-order valence-corrected chi connectivity index (χ1v) is 6.97. The van der Waals surface area contributed by atoms with Crippen molar-refractivity contribution in [3.05, 3.63) is 29.8 Å². The summed E-state index contributed by atoms with van der Waals surface area (Å²) in [7, 11) is 1.57. The smallest absolute Gasteiger partial charge is 0.251 e. The number of carbonyl (C=O) groups excluding carboxylic acids is 2. The Bertz CT molecular complexity index is 458. The molecular weight excluding hydrogens is 270 g/mol. The number of nitrogens with one attached hydrogen (secondary N) is 2. The number of amides is 2. The molecule has 1 aromatic carbocycles. The third-order valence-corrected chi connectivity index (χ3v) is 2.91. The van der Waals surface area contributed by atoms with Gasteiger partial charge >= 0.3 is 0 Å². The third-order valence-electron chi connectivity index (χ3n) is 2.91. The lowest BCUT2D eigenvalue weighted by Crippen LogP contribution is -2.35. The minimum absolute atomic E-state index is 0.0190. The SMILES string of the molecule is COc1ccc(C(=O)NCCNC(=O)CCC(C)N)cc1. The number of benzene rings is 1. The molecule has 1 unspecified atom stereocenters. The van der Waals surface area contributed by atoms with E-state index in [1.165, 1.54) is 0 Å². The second-order valence-electron chi connectivity index (χ2n) is 4.85. The molecule has 0 aliphatic heterocycles. The number of methoxy groups -OCH3 is 1. The van der Waals surface area contributed by atoms with E-state index in [1.54, 1.807) is 31.4 Å². The fraction of sp³-hybridized carbons (Fsp3) is 0.467. The van der Waals surface area contributed by atoms with Crippen LogP contribution in [0.25, 0.3) is 0 Å². The van der Waals surface area contributed by atoms with Gasteiger partial charge in [-0.3, -0.25) is 9.59 Å². The minimum atomic E-state index is -0.178. The van der Waals surface area contributed by atoms with Crippen LogP contribution in [0.15, 0.2) is 24.3 Å². The van der Waals surface area contributed by atoms with Gasteiger partial charge in [0.15, 0.2) is 0 Å². The number of ether oxygens (including phenoxy) is 1. The normalized spacial score (nSPS) is 11.6. The maximum atomic E-state index is 11.8. The Morgan fingerprint density at radius 3 is 2.38 bits per heavy atom. The summed E-state index contributed by atoms with van der Waals surface area (Å²) in [6.45, 7) is 2.65. The van der Waals surface area contributed by atoms with Crippen LogP contribution in [0, 0.1) is 0 Å². The summed E-state index contributed by atoms with van der Waals surface area (Å²) < 4.78 is 5.03. The van der Waals surface area contributed by atoms with Gasteiger partial charge in [0.05, 0.1) is 7.11 Å². The van der Waals surface area contributed by atoms with Gasteiger partial charge in [-0.25, -0.2) is 0 Å². The zero-order chi connectivity index (χ0) is 15.7. The average Bonchev–Trinajstić information content (AvgIpc) is 2.49. The quantitative estimate of drug-likeness (QED) is 0.614. The molecule has 0 bridgehead atoms. The topological polar surface area (TPSA) is 93.5 Å². The third kappa shape index (κ3) is 6.76. The number of nitrogens with two attached hydrogens (primary N) is 1. The van der Waals surface area contributed by atoms with Crippen molar-refractivity contribution in [3.8, 4) is 5.75 Å². The lowest BCUT2D eigenvalue weighted by Gasteiger charge is -2.08. The number of rotatable bonds is 8. The molecule has 116 valence electrons. The molecular formula is C15H23N3O3. The van der Waals surface area contributed by atoms with Crippen molar-refractivity contribution in [1.82, 2.24) is 10.6 Å². The van der Waals surface area contributed by atoms with Crippen molar-refractivity contribution in [3.63, 3.8) is 0 Å². The second-order valence-corrected chi connectivity index (χ2v) is 4.85. The fourth-order valence-corrected chi connectivity index (χ4v) is 1.67. The average molecular weight is 293 g/mol. The van der Waals surface area contributed by atoms with Gasteiger partial charge in [0.25, 0.3) is 5.91 Å². The summed E-state index contributed by atoms with van der Waals surface area (Å²) in [6, 6.07) is 6.85. The molecule has 0 aliphatic rings. The van der Waals surface area contributed by atoms with E-state index in [4.69, 9.17) is 10.5 Å². The zero-order valence-corrected chi connectivity index (χ0v) is 12.5. The highest BCUT2D eigenvalue weighted by atomic mass is 16.5. The second kappa shape index (κ2) is 8.97. The lowest BCUT2D eigenvalue weighted by atomic mass is 10.2. The molecule has 0 fully saturated rings. The standard InChI is InChI=1S/C15H23N3O3/c1-11(16)3-8-14(19)17-9-10-18-15(20)12-4-6-13(21-2)7-5-12/h4-7,11H,3,8-10,16H2,1-2H3,(H,17,19)(H,18,20). The minimum Gasteiger partial charge on any atom is -0.497 e. The van der Waals surface area contributed by atoms with Crippen LogP contribution in [0.5, 0.6) is 5.75 Å². The van der Waals surface area contributed by atoms with Gasteiger partial charge in [-0.2, -0.15) is 0 Å². The van der Waals surface area contributed by atoms with Gasteiger partial charge in [0, 0.05) is 31.1 Å². The highest BCUT2D eigenvalue weighted by Crippen LogP contribution is 2.10. The first-order chi connectivity index (χ1) is 10.0. The van der Waals surface area contributed by atoms with Gasteiger partial charge in [-0.1, -0.05) is 0 Å². The van der Waals surface area contributed by atoms with Crippen LogP contribution in [-0.2, 0) is 4.79 Å². The molecule has 1 rings (SSSR count). The maximum absolute atomic E-state index is 11.8. The van der Waals surface area contributed by atoms with Crippen LogP contribution in [0.3, 0.4) is 0 Å². The molecule has 0 aliphatic carbocycles. The first kappa shape index (κ1) is 17.0. The largest absolute Gasteiger partial charge is 0.497 e. The van der Waals surface area contributed by atoms with Crippen molar-refractivity contribution >= 4 is 11.8 Å².